The first-order valence-electron chi connectivity index (χ1n) is 7.67. The Morgan fingerprint density at radius 1 is 1.25 bits per heavy atom. The van der Waals surface area contributed by atoms with Gasteiger partial charge in [-0.2, -0.15) is 5.10 Å². The van der Waals surface area contributed by atoms with E-state index in [0.29, 0.717) is 18.8 Å². The fraction of sp³-hybridized carbons (Fsp3) is 0.438. The summed E-state index contributed by atoms with van der Waals surface area (Å²) in [5.41, 5.74) is 2.48. The molecule has 0 aliphatic heterocycles. The van der Waals surface area contributed by atoms with Crippen LogP contribution >= 0.6 is 0 Å². The molecule has 0 saturated heterocycles. The number of nitrogens with zero attached hydrogens (tertiary/aromatic N) is 2. The van der Waals surface area contributed by atoms with Crippen LogP contribution in [0, 0.1) is 25.5 Å². The molecular formula is C16H21F2N3O2S. The molecule has 0 unspecified atom stereocenters. The van der Waals surface area contributed by atoms with Crippen molar-refractivity contribution in [2.45, 2.75) is 27.3 Å². The third-order valence-electron chi connectivity index (χ3n) is 3.91. The number of hydrogen-bond acceptors (Lipinski definition) is 4. The first-order chi connectivity index (χ1) is 11.2. The Labute approximate surface area is 140 Å². The molecule has 0 aliphatic rings. The maximum absolute atomic E-state index is 14.0. The molecule has 0 fully saturated rings. The zero-order chi connectivity index (χ0) is 17.9. The number of rotatable bonds is 7. The maximum atomic E-state index is 14.0. The molecule has 0 bridgehead atoms. The van der Waals surface area contributed by atoms with Gasteiger partial charge >= 0.3 is 0 Å². The van der Waals surface area contributed by atoms with Gasteiger partial charge in [-0.3, -0.25) is 0 Å². The van der Waals surface area contributed by atoms with Gasteiger partial charge in [0.05, 0.1) is 11.4 Å². The Morgan fingerprint density at radius 3 is 2.58 bits per heavy atom. The number of nitrogens with one attached hydrogen (secondary N) is 1. The molecule has 132 valence electrons. The summed E-state index contributed by atoms with van der Waals surface area (Å²) in [7, 11) is -3.01. The van der Waals surface area contributed by atoms with Gasteiger partial charge in [-0.25, -0.2) is 21.9 Å². The van der Waals surface area contributed by atoms with Crippen LogP contribution in [0.25, 0.3) is 5.69 Å². The van der Waals surface area contributed by atoms with Crippen molar-refractivity contribution in [3.63, 3.8) is 0 Å². The number of aromatic nitrogens is 2. The van der Waals surface area contributed by atoms with E-state index >= 15 is 0 Å². The summed E-state index contributed by atoms with van der Waals surface area (Å²) in [5.74, 6) is -1.14. The van der Waals surface area contributed by atoms with Crippen molar-refractivity contribution in [2.75, 3.05) is 18.1 Å². The predicted octanol–water partition coefficient (Wildman–Crippen LogP) is 2.29. The molecule has 1 heterocycles. The standard InChI is InChI=1S/C16H21F2N3O2S/c1-4-24(22,23)8-7-19-10-14-11(2)20-21(12(14)3)16-6-5-13(17)9-15(16)18/h5-6,9,19H,4,7-8,10H2,1-3H3. The van der Waals surface area contributed by atoms with Crippen LogP contribution in [0.3, 0.4) is 0 Å². The van der Waals surface area contributed by atoms with Gasteiger partial charge in [-0.1, -0.05) is 6.92 Å². The van der Waals surface area contributed by atoms with Gasteiger partial charge in [0, 0.05) is 36.2 Å². The molecule has 0 amide bonds. The number of halogens is 2. The molecule has 1 N–H and O–H groups in total. The summed E-state index contributed by atoms with van der Waals surface area (Å²) in [6, 6.07) is 3.34. The molecule has 1 aromatic carbocycles. The quantitative estimate of drug-likeness (QED) is 0.773. The molecular weight excluding hydrogens is 336 g/mol. The zero-order valence-corrected chi connectivity index (χ0v) is 14.8. The third kappa shape index (κ3) is 4.18. The largest absolute Gasteiger partial charge is 0.312 e. The summed E-state index contributed by atoms with van der Waals surface area (Å²) >= 11 is 0. The maximum Gasteiger partial charge on any atom is 0.151 e. The highest BCUT2D eigenvalue weighted by atomic mass is 32.2. The number of hydrogen-bond donors (Lipinski definition) is 1. The van der Waals surface area contributed by atoms with Crippen LogP contribution in [0.1, 0.15) is 23.9 Å². The second-order valence-corrected chi connectivity index (χ2v) is 8.04. The van der Waals surface area contributed by atoms with E-state index in [9.17, 15) is 17.2 Å². The molecule has 8 heteroatoms. The highest BCUT2D eigenvalue weighted by molar-refractivity contribution is 7.91. The first-order valence-corrected chi connectivity index (χ1v) is 9.49. The van der Waals surface area contributed by atoms with Gasteiger partial charge in [-0.15, -0.1) is 0 Å². The molecule has 1 aromatic heterocycles. The molecule has 0 spiro atoms. The Kier molecular flexibility index (Phi) is 5.71. The van der Waals surface area contributed by atoms with Crippen molar-refractivity contribution >= 4 is 9.84 Å². The van der Waals surface area contributed by atoms with Gasteiger partial charge in [0.2, 0.25) is 0 Å². The van der Waals surface area contributed by atoms with Gasteiger partial charge in [0.1, 0.15) is 11.5 Å². The van der Waals surface area contributed by atoms with E-state index in [-0.39, 0.29) is 17.2 Å². The summed E-state index contributed by atoms with van der Waals surface area (Å²) in [6.45, 7) is 5.98. The van der Waals surface area contributed by atoms with Crippen LogP contribution in [-0.4, -0.2) is 36.2 Å². The topological polar surface area (TPSA) is 64.0 Å². The van der Waals surface area contributed by atoms with E-state index in [0.717, 1.165) is 17.3 Å². The van der Waals surface area contributed by atoms with Crippen LogP contribution in [0.4, 0.5) is 8.78 Å². The lowest BCUT2D eigenvalue weighted by atomic mass is 10.2. The van der Waals surface area contributed by atoms with Crippen LogP contribution in [0.2, 0.25) is 0 Å². The Bertz CT molecular complexity index is 832. The normalized spacial score (nSPS) is 11.9. The average molecular weight is 357 g/mol. The second-order valence-electron chi connectivity index (χ2n) is 5.57. The highest BCUT2D eigenvalue weighted by Gasteiger charge is 2.16. The van der Waals surface area contributed by atoms with Crippen molar-refractivity contribution < 1.29 is 17.2 Å². The van der Waals surface area contributed by atoms with Gasteiger partial charge in [0.15, 0.2) is 15.7 Å². The summed E-state index contributed by atoms with van der Waals surface area (Å²) in [5, 5.41) is 7.39. The van der Waals surface area contributed by atoms with Gasteiger partial charge in [0.25, 0.3) is 0 Å². The minimum absolute atomic E-state index is 0.0717. The Hall–Kier alpha value is -1.80. The first kappa shape index (κ1) is 18.5. The zero-order valence-electron chi connectivity index (χ0n) is 13.9. The van der Waals surface area contributed by atoms with Gasteiger partial charge in [-0.05, 0) is 26.0 Å². The second kappa shape index (κ2) is 7.40. The highest BCUT2D eigenvalue weighted by Crippen LogP contribution is 2.20. The Morgan fingerprint density at radius 2 is 1.96 bits per heavy atom. The SMILES string of the molecule is CCS(=O)(=O)CCNCc1c(C)nn(-c2ccc(F)cc2F)c1C. The van der Waals surface area contributed by atoms with E-state index in [1.54, 1.807) is 20.8 Å². The van der Waals surface area contributed by atoms with Crippen LogP contribution in [0.5, 0.6) is 0 Å². The number of sulfone groups is 1. The molecule has 2 aromatic rings. The van der Waals surface area contributed by atoms with Crippen LogP contribution < -0.4 is 5.32 Å². The third-order valence-corrected chi connectivity index (χ3v) is 5.62. The van der Waals surface area contributed by atoms with Crippen molar-refractivity contribution in [1.82, 2.24) is 15.1 Å². The molecule has 0 atom stereocenters. The minimum atomic E-state index is -3.01. The lowest BCUT2D eigenvalue weighted by Crippen LogP contribution is -2.24. The van der Waals surface area contributed by atoms with E-state index in [2.05, 4.69) is 10.4 Å². The van der Waals surface area contributed by atoms with E-state index < -0.39 is 21.5 Å². The van der Waals surface area contributed by atoms with E-state index in [1.165, 1.54) is 16.8 Å². The van der Waals surface area contributed by atoms with Crippen molar-refractivity contribution in [2.24, 2.45) is 0 Å². The van der Waals surface area contributed by atoms with Crippen molar-refractivity contribution in [3.05, 3.63) is 46.8 Å². The summed E-state index contributed by atoms with van der Waals surface area (Å²) in [6.07, 6.45) is 0. The summed E-state index contributed by atoms with van der Waals surface area (Å²) in [4.78, 5) is 0. The van der Waals surface area contributed by atoms with Gasteiger partial charge < -0.3 is 5.32 Å². The number of benzene rings is 1. The van der Waals surface area contributed by atoms with Crippen LogP contribution in [-0.2, 0) is 16.4 Å². The molecule has 5 nitrogen and oxygen atoms in total. The smallest absolute Gasteiger partial charge is 0.151 e. The lowest BCUT2D eigenvalue weighted by Gasteiger charge is -2.08. The van der Waals surface area contributed by atoms with Crippen molar-refractivity contribution in [3.8, 4) is 5.69 Å². The van der Waals surface area contributed by atoms with E-state index in [1.807, 2.05) is 0 Å². The van der Waals surface area contributed by atoms with Crippen LogP contribution in [0.15, 0.2) is 18.2 Å². The average Bonchev–Trinajstić information content (AvgIpc) is 2.79. The summed E-state index contributed by atoms with van der Waals surface area (Å²) < 4.78 is 51.4. The van der Waals surface area contributed by atoms with Crippen molar-refractivity contribution in [1.29, 1.82) is 0 Å². The molecule has 0 aliphatic carbocycles. The number of aryl methyl sites for hydroxylation is 1. The lowest BCUT2D eigenvalue weighted by molar-refractivity contribution is 0.572. The monoisotopic (exact) mass is 357 g/mol. The fourth-order valence-electron chi connectivity index (χ4n) is 2.40. The Balaban J connectivity index is 2.14. The predicted molar refractivity (Wildman–Crippen MR) is 89.0 cm³/mol. The molecule has 0 saturated carbocycles. The molecule has 2 rings (SSSR count). The van der Waals surface area contributed by atoms with E-state index in [4.69, 9.17) is 0 Å². The minimum Gasteiger partial charge on any atom is -0.312 e. The molecule has 24 heavy (non-hydrogen) atoms. The molecule has 0 radical (unpaired) electrons. The fourth-order valence-corrected chi connectivity index (χ4v) is 3.15.